The van der Waals surface area contributed by atoms with E-state index in [1.54, 1.807) is 42.3 Å². The van der Waals surface area contributed by atoms with Gasteiger partial charge in [-0.05, 0) is 31.4 Å². The topological polar surface area (TPSA) is 74.7 Å². The number of aliphatic hydroxyl groups excluding tert-OH is 1. The maximum Gasteiger partial charge on any atom is 0.223 e. The van der Waals surface area contributed by atoms with Crippen LogP contribution in [0, 0.1) is 0 Å². The summed E-state index contributed by atoms with van der Waals surface area (Å²) in [4.78, 5) is 13.7. The standard InChI is InChI=1S/C15H23NO4S/c1-16(11-6-3-7-12-17)15(18)10-13-21(19,20)14-8-4-2-5-9-14/h2,4-5,8-9,17H,3,6-7,10-13H2,1H3. The largest absolute Gasteiger partial charge is 0.396 e. The van der Waals surface area contributed by atoms with E-state index in [0.29, 0.717) is 6.54 Å². The third-order valence-electron chi connectivity index (χ3n) is 3.26. The van der Waals surface area contributed by atoms with Gasteiger partial charge in [-0.3, -0.25) is 4.79 Å². The normalized spacial score (nSPS) is 11.3. The predicted octanol–water partition coefficient (Wildman–Crippen LogP) is 1.47. The molecule has 1 amide bonds. The number of sulfone groups is 1. The van der Waals surface area contributed by atoms with Crippen molar-refractivity contribution in [1.29, 1.82) is 0 Å². The van der Waals surface area contributed by atoms with E-state index in [-0.39, 0.29) is 29.6 Å². The van der Waals surface area contributed by atoms with Gasteiger partial charge in [0.15, 0.2) is 9.84 Å². The molecule has 0 aromatic heterocycles. The number of unbranched alkanes of at least 4 members (excludes halogenated alkanes) is 2. The third kappa shape index (κ3) is 6.27. The SMILES string of the molecule is CN(CCCCCO)C(=O)CCS(=O)(=O)c1ccccc1. The second-order valence-electron chi connectivity index (χ2n) is 4.98. The van der Waals surface area contributed by atoms with Gasteiger partial charge in [-0.25, -0.2) is 8.42 Å². The van der Waals surface area contributed by atoms with Gasteiger partial charge in [0.2, 0.25) is 5.91 Å². The van der Waals surface area contributed by atoms with Crippen molar-refractivity contribution in [3.05, 3.63) is 30.3 Å². The lowest BCUT2D eigenvalue weighted by Gasteiger charge is -2.17. The van der Waals surface area contributed by atoms with Gasteiger partial charge in [-0.1, -0.05) is 18.2 Å². The minimum Gasteiger partial charge on any atom is -0.396 e. The Kier molecular flexibility index (Phi) is 7.39. The van der Waals surface area contributed by atoms with Crippen LogP contribution in [0.3, 0.4) is 0 Å². The van der Waals surface area contributed by atoms with E-state index in [0.717, 1.165) is 19.3 Å². The van der Waals surface area contributed by atoms with Crippen molar-refractivity contribution in [2.24, 2.45) is 0 Å². The summed E-state index contributed by atoms with van der Waals surface area (Å²) in [5.74, 6) is -0.338. The quantitative estimate of drug-likeness (QED) is 0.701. The van der Waals surface area contributed by atoms with E-state index in [4.69, 9.17) is 5.11 Å². The monoisotopic (exact) mass is 313 g/mol. The lowest BCUT2D eigenvalue weighted by atomic mass is 10.2. The van der Waals surface area contributed by atoms with Crippen LogP contribution >= 0.6 is 0 Å². The molecule has 0 fully saturated rings. The minimum atomic E-state index is -3.40. The second kappa shape index (κ2) is 8.79. The maximum absolute atomic E-state index is 12.1. The van der Waals surface area contributed by atoms with E-state index in [2.05, 4.69) is 0 Å². The van der Waals surface area contributed by atoms with Crippen LogP contribution in [0.25, 0.3) is 0 Å². The highest BCUT2D eigenvalue weighted by atomic mass is 32.2. The van der Waals surface area contributed by atoms with Crippen molar-refractivity contribution in [3.63, 3.8) is 0 Å². The Morgan fingerprint density at radius 1 is 1.14 bits per heavy atom. The van der Waals surface area contributed by atoms with E-state index in [9.17, 15) is 13.2 Å². The molecule has 0 aliphatic rings. The summed E-state index contributed by atoms with van der Waals surface area (Å²) < 4.78 is 24.1. The minimum absolute atomic E-state index is 0.00622. The highest BCUT2D eigenvalue weighted by Crippen LogP contribution is 2.11. The molecule has 1 aromatic carbocycles. The molecule has 5 nitrogen and oxygen atoms in total. The zero-order valence-corrected chi connectivity index (χ0v) is 13.2. The van der Waals surface area contributed by atoms with Gasteiger partial charge in [-0.2, -0.15) is 0 Å². The number of carbonyl (C=O) groups excluding carboxylic acids is 1. The fourth-order valence-electron chi connectivity index (χ4n) is 1.92. The first-order valence-electron chi connectivity index (χ1n) is 7.10. The Labute approximate surface area is 126 Å². The van der Waals surface area contributed by atoms with E-state index < -0.39 is 9.84 Å². The second-order valence-corrected chi connectivity index (χ2v) is 7.09. The average Bonchev–Trinajstić information content (AvgIpc) is 2.50. The molecule has 21 heavy (non-hydrogen) atoms. The highest BCUT2D eigenvalue weighted by molar-refractivity contribution is 7.91. The Balaban J connectivity index is 2.42. The van der Waals surface area contributed by atoms with Crippen LogP contribution in [0.2, 0.25) is 0 Å². The Hall–Kier alpha value is -1.40. The highest BCUT2D eigenvalue weighted by Gasteiger charge is 2.17. The van der Waals surface area contributed by atoms with Gasteiger partial charge in [0.1, 0.15) is 0 Å². The van der Waals surface area contributed by atoms with Gasteiger partial charge < -0.3 is 10.0 Å². The molecule has 118 valence electrons. The van der Waals surface area contributed by atoms with Gasteiger partial charge in [-0.15, -0.1) is 0 Å². The number of amides is 1. The van der Waals surface area contributed by atoms with Crippen LogP contribution in [0.5, 0.6) is 0 Å². The van der Waals surface area contributed by atoms with E-state index >= 15 is 0 Å². The molecular formula is C15H23NO4S. The number of carbonyl (C=O) groups is 1. The van der Waals surface area contributed by atoms with Gasteiger partial charge in [0, 0.05) is 26.6 Å². The molecule has 0 bridgehead atoms. The number of nitrogens with zero attached hydrogens (tertiary/aromatic N) is 1. The maximum atomic E-state index is 12.1. The first kappa shape index (κ1) is 17.7. The molecule has 0 saturated heterocycles. The zero-order valence-electron chi connectivity index (χ0n) is 12.4. The van der Waals surface area contributed by atoms with E-state index in [1.807, 2.05) is 0 Å². The van der Waals surface area contributed by atoms with Gasteiger partial charge in [0.05, 0.1) is 10.6 Å². The summed E-state index contributed by atoms with van der Waals surface area (Å²) in [5.41, 5.74) is 0. The summed E-state index contributed by atoms with van der Waals surface area (Å²) in [6, 6.07) is 8.17. The number of benzene rings is 1. The fourth-order valence-corrected chi connectivity index (χ4v) is 3.17. The first-order valence-corrected chi connectivity index (χ1v) is 8.75. The summed E-state index contributed by atoms with van der Waals surface area (Å²) in [6.45, 7) is 0.747. The van der Waals surface area contributed by atoms with Crippen LogP contribution in [-0.4, -0.2) is 50.3 Å². The summed E-state index contributed by atoms with van der Waals surface area (Å²) in [6.07, 6.45) is 2.39. The lowest BCUT2D eigenvalue weighted by Crippen LogP contribution is -2.29. The molecule has 1 N–H and O–H groups in total. The van der Waals surface area contributed by atoms with Gasteiger partial charge >= 0.3 is 0 Å². The van der Waals surface area contributed by atoms with Crippen molar-refractivity contribution < 1.29 is 18.3 Å². The molecule has 6 heteroatoms. The van der Waals surface area contributed by atoms with Crippen molar-refractivity contribution >= 4 is 15.7 Å². The van der Waals surface area contributed by atoms with E-state index in [1.165, 1.54) is 0 Å². The predicted molar refractivity (Wildman–Crippen MR) is 81.7 cm³/mol. The van der Waals surface area contributed by atoms with Crippen LogP contribution in [0.15, 0.2) is 35.2 Å². The van der Waals surface area contributed by atoms with Crippen LogP contribution < -0.4 is 0 Å². The summed E-state index contributed by atoms with van der Waals surface area (Å²) in [5, 5.41) is 8.68. The molecular weight excluding hydrogens is 290 g/mol. The molecule has 0 unspecified atom stereocenters. The van der Waals surface area contributed by atoms with Crippen molar-refractivity contribution in [2.45, 2.75) is 30.6 Å². The van der Waals surface area contributed by atoms with Crippen LogP contribution in [0.1, 0.15) is 25.7 Å². The Morgan fingerprint density at radius 3 is 2.43 bits per heavy atom. The summed E-state index contributed by atoms with van der Waals surface area (Å²) in [7, 11) is -1.72. The Morgan fingerprint density at radius 2 is 1.81 bits per heavy atom. The smallest absolute Gasteiger partial charge is 0.223 e. The van der Waals surface area contributed by atoms with Crippen molar-refractivity contribution in [2.75, 3.05) is 26.0 Å². The van der Waals surface area contributed by atoms with Crippen LogP contribution in [0.4, 0.5) is 0 Å². The number of hydrogen-bond donors (Lipinski definition) is 1. The number of hydrogen-bond acceptors (Lipinski definition) is 4. The molecule has 1 aromatic rings. The number of rotatable bonds is 9. The van der Waals surface area contributed by atoms with Crippen molar-refractivity contribution in [3.8, 4) is 0 Å². The zero-order chi connectivity index (χ0) is 15.7. The third-order valence-corrected chi connectivity index (χ3v) is 5.00. The van der Waals surface area contributed by atoms with Crippen molar-refractivity contribution in [1.82, 2.24) is 4.90 Å². The van der Waals surface area contributed by atoms with Gasteiger partial charge in [0.25, 0.3) is 0 Å². The molecule has 0 heterocycles. The lowest BCUT2D eigenvalue weighted by molar-refractivity contribution is -0.129. The molecule has 1 rings (SSSR count). The summed E-state index contributed by atoms with van der Waals surface area (Å²) >= 11 is 0. The average molecular weight is 313 g/mol. The molecule has 0 spiro atoms. The first-order chi connectivity index (χ1) is 9.97. The molecule has 0 saturated carbocycles. The molecule has 0 aliphatic heterocycles. The molecule has 0 atom stereocenters. The molecule has 0 aliphatic carbocycles. The number of aliphatic hydroxyl groups is 1. The van der Waals surface area contributed by atoms with Crippen LogP contribution in [-0.2, 0) is 14.6 Å². The molecule has 0 radical (unpaired) electrons. The Bertz CT molecular complexity index is 528. The fraction of sp³-hybridized carbons (Fsp3) is 0.533.